The van der Waals surface area contributed by atoms with Crippen molar-refractivity contribution < 1.29 is 4.79 Å². The maximum Gasteiger partial charge on any atom is 0.346 e. The van der Waals surface area contributed by atoms with E-state index in [0.29, 0.717) is 18.9 Å². The van der Waals surface area contributed by atoms with E-state index in [1.54, 1.807) is 17.0 Å². The Labute approximate surface area is 169 Å². The van der Waals surface area contributed by atoms with E-state index in [1.165, 1.54) is 4.68 Å². The molecule has 29 heavy (non-hydrogen) atoms. The first-order valence-corrected chi connectivity index (χ1v) is 10.1. The van der Waals surface area contributed by atoms with E-state index in [0.717, 1.165) is 30.4 Å². The molecule has 0 radical (unpaired) electrons. The zero-order valence-corrected chi connectivity index (χ0v) is 16.5. The maximum absolute atomic E-state index is 12.9. The molecule has 1 saturated carbocycles. The first kappa shape index (κ1) is 19.1. The SMILES string of the molecule is CCC(C(=O)NCCn1nc(-c2cccnc2)n(C2CC2)c1=O)c1ccccc1. The van der Waals surface area contributed by atoms with Crippen LogP contribution in [0.4, 0.5) is 0 Å². The van der Waals surface area contributed by atoms with Crippen molar-refractivity contribution in [2.24, 2.45) is 0 Å². The molecule has 4 rings (SSSR count). The minimum atomic E-state index is -0.192. The summed E-state index contributed by atoms with van der Waals surface area (Å²) in [6.07, 6.45) is 6.12. The van der Waals surface area contributed by atoms with E-state index in [1.807, 2.05) is 49.4 Å². The van der Waals surface area contributed by atoms with Gasteiger partial charge in [-0.3, -0.25) is 14.3 Å². The lowest BCUT2D eigenvalue weighted by atomic mass is 9.96. The highest BCUT2D eigenvalue weighted by molar-refractivity contribution is 5.83. The number of carbonyl (C=O) groups excluding carboxylic acids is 1. The average molecular weight is 391 g/mol. The summed E-state index contributed by atoms with van der Waals surface area (Å²) in [5, 5.41) is 7.50. The van der Waals surface area contributed by atoms with Gasteiger partial charge in [0.2, 0.25) is 5.91 Å². The highest BCUT2D eigenvalue weighted by Crippen LogP contribution is 2.36. The van der Waals surface area contributed by atoms with Crippen LogP contribution in [0.25, 0.3) is 11.4 Å². The molecule has 3 aromatic rings. The third-order valence-corrected chi connectivity index (χ3v) is 5.25. The summed E-state index contributed by atoms with van der Waals surface area (Å²) >= 11 is 0. The third-order valence-electron chi connectivity index (χ3n) is 5.25. The predicted molar refractivity (Wildman–Crippen MR) is 110 cm³/mol. The first-order valence-electron chi connectivity index (χ1n) is 10.1. The van der Waals surface area contributed by atoms with Crippen LogP contribution in [-0.2, 0) is 11.3 Å². The van der Waals surface area contributed by atoms with Gasteiger partial charge in [0, 0.05) is 30.5 Å². The molecule has 1 N–H and O–H groups in total. The lowest BCUT2D eigenvalue weighted by molar-refractivity contribution is -0.122. The lowest BCUT2D eigenvalue weighted by Gasteiger charge is -2.15. The summed E-state index contributed by atoms with van der Waals surface area (Å²) in [4.78, 5) is 29.6. The Bertz CT molecular complexity index is 1020. The van der Waals surface area contributed by atoms with Crippen LogP contribution < -0.4 is 11.0 Å². The van der Waals surface area contributed by atoms with Crippen LogP contribution in [0, 0.1) is 0 Å². The van der Waals surface area contributed by atoms with Crippen LogP contribution in [0.15, 0.2) is 59.7 Å². The molecule has 1 aliphatic rings. The number of nitrogens with one attached hydrogen (secondary N) is 1. The highest BCUT2D eigenvalue weighted by Gasteiger charge is 2.30. The molecule has 2 aromatic heterocycles. The summed E-state index contributed by atoms with van der Waals surface area (Å²) in [5.74, 6) is 0.427. The first-order chi connectivity index (χ1) is 14.2. The standard InChI is InChI=1S/C22H25N5O2/c1-2-19(16-7-4-3-5-8-16)21(28)24-13-14-26-22(29)27(18-10-11-18)20(25-26)17-9-6-12-23-15-17/h3-9,12,15,18-19H,2,10-11,13-14H2,1H3,(H,24,28). The van der Waals surface area contributed by atoms with Gasteiger partial charge in [-0.1, -0.05) is 37.3 Å². The van der Waals surface area contributed by atoms with Gasteiger partial charge >= 0.3 is 5.69 Å². The minimum Gasteiger partial charge on any atom is -0.354 e. The van der Waals surface area contributed by atoms with Gasteiger partial charge in [0.1, 0.15) is 0 Å². The third kappa shape index (κ3) is 4.13. The second kappa shape index (κ2) is 8.43. The fraction of sp³-hybridized carbons (Fsp3) is 0.364. The Morgan fingerprint density at radius 3 is 2.66 bits per heavy atom. The zero-order chi connectivity index (χ0) is 20.2. The maximum atomic E-state index is 12.9. The van der Waals surface area contributed by atoms with Gasteiger partial charge in [0.05, 0.1) is 12.5 Å². The van der Waals surface area contributed by atoms with Crippen LogP contribution in [0.3, 0.4) is 0 Å². The molecule has 1 aromatic carbocycles. The topological polar surface area (TPSA) is 81.8 Å². The normalized spacial score (nSPS) is 14.5. The number of benzene rings is 1. The summed E-state index contributed by atoms with van der Waals surface area (Å²) in [6, 6.07) is 13.7. The van der Waals surface area contributed by atoms with Crippen molar-refractivity contribution >= 4 is 5.91 Å². The smallest absolute Gasteiger partial charge is 0.346 e. The summed E-state index contributed by atoms with van der Waals surface area (Å²) in [6.45, 7) is 2.69. The summed E-state index contributed by atoms with van der Waals surface area (Å²) < 4.78 is 3.21. The van der Waals surface area contributed by atoms with Crippen LogP contribution in [0.1, 0.15) is 43.7 Å². The second-order valence-corrected chi connectivity index (χ2v) is 7.33. The van der Waals surface area contributed by atoms with E-state index >= 15 is 0 Å². The van der Waals surface area contributed by atoms with Crippen molar-refractivity contribution in [3.8, 4) is 11.4 Å². The van der Waals surface area contributed by atoms with Crippen LogP contribution >= 0.6 is 0 Å². The van der Waals surface area contributed by atoms with E-state index < -0.39 is 0 Å². The van der Waals surface area contributed by atoms with E-state index in [2.05, 4.69) is 15.4 Å². The zero-order valence-electron chi connectivity index (χ0n) is 16.5. The van der Waals surface area contributed by atoms with Gasteiger partial charge in [-0.25, -0.2) is 9.48 Å². The molecule has 1 atom stereocenters. The van der Waals surface area contributed by atoms with Crippen molar-refractivity contribution in [1.82, 2.24) is 24.6 Å². The Kier molecular flexibility index (Phi) is 5.55. The predicted octanol–water partition coefficient (Wildman–Crippen LogP) is 2.75. The number of hydrogen-bond acceptors (Lipinski definition) is 4. The second-order valence-electron chi connectivity index (χ2n) is 7.33. The molecule has 0 saturated heterocycles. The van der Waals surface area contributed by atoms with Crippen LogP contribution in [0.2, 0.25) is 0 Å². The molecule has 0 bridgehead atoms. The quantitative estimate of drug-likeness (QED) is 0.640. The van der Waals surface area contributed by atoms with E-state index in [9.17, 15) is 9.59 Å². The van der Waals surface area contributed by atoms with E-state index in [4.69, 9.17) is 0 Å². The van der Waals surface area contributed by atoms with Crippen LogP contribution in [-0.4, -0.2) is 31.8 Å². The fourth-order valence-electron chi connectivity index (χ4n) is 3.59. The Balaban J connectivity index is 1.46. The molecule has 1 aliphatic carbocycles. The Morgan fingerprint density at radius 1 is 1.21 bits per heavy atom. The monoisotopic (exact) mass is 391 g/mol. The number of nitrogens with zero attached hydrogens (tertiary/aromatic N) is 4. The van der Waals surface area contributed by atoms with Crippen molar-refractivity contribution in [2.45, 2.75) is 44.7 Å². The van der Waals surface area contributed by atoms with Crippen molar-refractivity contribution in [3.63, 3.8) is 0 Å². The molecule has 2 heterocycles. The van der Waals surface area contributed by atoms with Crippen molar-refractivity contribution in [3.05, 3.63) is 70.9 Å². The largest absolute Gasteiger partial charge is 0.354 e. The van der Waals surface area contributed by atoms with Gasteiger partial charge in [-0.2, -0.15) is 0 Å². The summed E-state index contributed by atoms with van der Waals surface area (Å²) in [7, 11) is 0. The van der Waals surface area contributed by atoms with Gasteiger partial charge in [-0.15, -0.1) is 5.10 Å². The molecule has 1 fully saturated rings. The molecular formula is C22H25N5O2. The number of amides is 1. The van der Waals surface area contributed by atoms with Crippen molar-refractivity contribution in [1.29, 1.82) is 0 Å². The highest BCUT2D eigenvalue weighted by atomic mass is 16.2. The van der Waals surface area contributed by atoms with Gasteiger partial charge in [0.15, 0.2) is 5.82 Å². The molecule has 7 nitrogen and oxygen atoms in total. The average Bonchev–Trinajstić information content (AvgIpc) is 3.54. The Morgan fingerprint density at radius 2 is 2.00 bits per heavy atom. The molecule has 1 amide bonds. The van der Waals surface area contributed by atoms with Gasteiger partial charge in [-0.05, 0) is 37.0 Å². The van der Waals surface area contributed by atoms with E-state index in [-0.39, 0.29) is 23.6 Å². The number of pyridine rings is 1. The van der Waals surface area contributed by atoms with Gasteiger partial charge < -0.3 is 5.32 Å². The number of hydrogen-bond donors (Lipinski definition) is 1. The number of carbonyl (C=O) groups is 1. The van der Waals surface area contributed by atoms with Crippen molar-refractivity contribution in [2.75, 3.05) is 6.54 Å². The summed E-state index contributed by atoms with van der Waals surface area (Å²) in [5.41, 5.74) is 1.70. The van der Waals surface area contributed by atoms with Gasteiger partial charge in [0.25, 0.3) is 0 Å². The molecule has 0 spiro atoms. The molecule has 0 aliphatic heterocycles. The fourth-order valence-corrected chi connectivity index (χ4v) is 3.59. The lowest BCUT2D eigenvalue weighted by Crippen LogP contribution is -2.34. The number of aromatic nitrogens is 4. The molecular weight excluding hydrogens is 366 g/mol. The molecule has 150 valence electrons. The van der Waals surface area contributed by atoms with Crippen LogP contribution in [0.5, 0.6) is 0 Å². The minimum absolute atomic E-state index is 0.0270. The Hall–Kier alpha value is -3.22. The molecule has 1 unspecified atom stereocenters. The number of rotatable bonds is 8. The molecule has 7 heteroatoms.